The van der Waals surface area contributed by atoms with Gasteiger partial charge in [0, 0.05) is 11.8 Å². The lowest BCUT2D eigenvalue weighted by Gasteiger charge is -2.14. The molecular weight excluding hydrogens is 478 g/mol. The van der Waals surface area contributed by atoms with Gasteiger partial charge >= 0.3 is 0 Å². The van der Waals surface area contributed by atoms with Crippen LogP contribution in [0.5, 0.6) is 11.5 Å². The first-order chi connectivity index (χ1) is 18.6. The Kier molecular flexibility index (Phi) is 5.82. The molecule has 0 unspecified atom stereocenters. The third kappa shape index (κ3) is 4.04. The second kappa shape index (κ2) is 9.59. The zero-order chi connectivity index (χ0) is 26.1. The maximum atomic E-state index is 14.1. The van der Waals surface area contributed by atoms with Gasteiger partial charge in [-0.05, 0) is 35.4 Å². The summed E-state index contributed by atoms with van der Waals surface area (Å²) in [6, 6.07) is 29.9. The third-order valence-corrected chi connectivity index (χ3v) is 6.30. The quantitative estimate of drug-likeness (QED) is 0.263. The number of benzene rings is 3. The van der Waals surface area contributed by atoms with Crippen molar-refractivity contribution in [1.82, 2.24) is 19.6 Å². The number of aromatic nitrogens is 4. The maximum absolute atomic E-state index is 14.1. The van der Waals surface area contributed by atoms with Gasteiger partial charge in [-0.2, -0.15) is 9.61 Å². The van der Waals surface area contributed by atoms with Crippen molar-refractivity contribution in [1.29, 1.82) is 0 Å². The first-order valence-electron chi connectivity index (χ1n) is 12.0. The van der Waals surface area contributed by atoms with Gasteiger partial charge in [0.25, 0.3) is 5.56 Å². The van der Waals surface area contributed by atoms with Crippen LogP contribution in [0.2, 0.25) is 0 Å². The Labute approximate surface area is 217 Å². The van der Waals surface area contributed by atoms with Gasteiger partial charge in [-0.25, -0.2) is 4.98 Å². The second-order valence-electron chi connectivity index (χ2n) is 8.62. The molecular formula is C30H23N5O3. The SMILES string of the molecule is COc1ccc(-c2c(Nc3ncccc3O)[nH]c3c(-c4ccccc4)c(-c4ccccc4)nn3c2=O)cc1. The third-order valence-electron chi connectivity index (χ3n) is 6.30. The van der Waals surface area contributed by atoms with Gasteiger partial charge in [-0.1, -0.05) is 72.8 Å². The molecule has 3 N–H and O–H groups in total. The first kappa shape index (κ1) is 23.1. The van der Waals surface area contributed by atoms with Crippen LogP contribution in [-0.4, -0.2) is 31.8 Å². The van der Waals surface area contributed by atoms with E-state index in [4.69, 9.17) is 9.84 Å². The van der Waals surface area contributed by atoms with E-state index >= 15 is 0 Å². The number of H-pyrrole nitrogens is 1. The van der Waals surface area contributed by atoms with E-state index in [2.05, 4.69) is 15.3 Å². The van der Waals surface area contributed by atoms with Crippen LogP contribution in [0.25, 0.3) is 39.2 Å². The van der Waals surface area contributed by atoms with Gasteiger partial charge in [0.2, 0.25) is 0 Å². The fourth-order valence-corrected chi connectivity index (χ4v) is 4.48. The molecule has 8 nitrogen and oxygen atoms in total. The van der Waals surface area contributed by atoms with Crippen molar-refractivity contribution in [3.05, 3.63) is 114 Å². The molecule has 3 heterocycles. The molecule has 0 saturated carbocycles. The Bertz CT molecular complexity index is 1790. The van der Waals surface area contributed by atoms with E-state index in [1.54, 1.807) is 43.6 Å². The van der Waals surface area contributed by atoms with Crippen LogP contribution in [-0.2, 0) is 0 Å². The lowest BCUT2D eigenvalue weighted by Crippen LogP contribution is -2.19. The molecule has 3 aromatic carbocycles. The number of pyridine rings is 1. The number of methoxy groups -OCH3 is 1. The summed E-state index contributed by atoms with van der Waals surface area (Å²) in [6.07, 6.45) is 1.56. The lowest BCUT2D eigenvalue weighted by atomic mass is 10.0. The number of ether oxygens (including phenoxy) is 1. The van der Waals surface area contributed by atoms with Crippen LogP contribution in [0.15, 0.2) is 108 Å². The van der Waals surface area contributed by atoms with Crippen LogP contribution in [0.1, 0.15) is 0 Å². The zero-order valence-corrected chi connectivity index (χ0v) is 20.4. The maximum Gasteiger partial charge on any atom is 0.284 e. The smallest absolute Gasteiger partial charge is 0.284 e. The van der Waals surface area contributed by atoms with Crippen LogP contribution in [0.3, 0.4) is 0 Å². The molecule has 8 heteroatoms. The molecule has 0 saturated heterocycles. The summed E-state index contributed by atoms with van der Waals surface area (Å²) in [5, 5.41) is 18.4. The number of fused-ring (bicyclic) bond motifs is 1. The first-order valence-corrected chi connectivity index (χ1v) is 12.0. The molecule has 0 aliphatic heterocycles. The Morgan fingerprint density at radius 1 is 0.816 bits per heavy atom. The molecule has 0 amide bonds. The highest BCUT2D eigenvalue weighted by Gasteiger charge is 2.23. The monoisotopic (exact) mass is 501 g/mol. The van der Waals surface area contributed by atoms with Gasteiger partial charge in [-0.15, -0.1) is 0 Å². The number of hydrogen-bond donors (Lipinski definition) is 3. The Balaban J connectivity index is 1.68. The fourth-order valence-electron chi connectivity index (χ4n) is 4.48. The summed E-state index contributed by atoms with van der Waals surface area (Å²) in [7, 11) is 1.59. The number of anilines is 2. The lowest BCUT2D eigenvalue weighted by molar-refractivity contribution is 0.415. The van der Waals surface area contributed by atoms with E-state index in [0.717, 1.165) is 16.7 Å². The summed E-state index contributed by atoms with van der Waals surface area (Å²) >= 11 is 0. The van der Waals surface area contributed by atoms with Gasteiger partial charge in [-0.3, -0.25) is 4.79 Å². The van der Waals surface area contributed by atoms with Gasteiger partial charge in [0.15, 0.2) is 11.6 Å². The van der Waals surface area contributed by atoms with Crippen molar-refractivity contribution >= 4 is 17.3 Å². The minimum atomic E-state index is -0.332. The Morgan fingerprint density at radius 3 is 2.13 bits per heavy atom. The average Bonchev–Trinajstić information content (AvgIpc) is 3.35. The average molecular weight is 502 g/mol. The standard InChI is InChI=1S/C30H23N5O3/c1-38-22-16-14-20(15-17-22)25-28(32-27-23(36)13-8-18-31-27)33-29-24(19-9-4-2-5-10-19)26(34-35(29)30(25)37)21-11-6-3-7-12-21/h2-18,33,36H,1H3,(H,31,32). The van der Waals surface area contributed by atoms with Gasteiger partial charge in [0.1, 0.15) is 22.9 Å². The normalized spacial score (nSPS) is 11.0. The second-order valence-corrected chi connectivity index (χ2v) is 8.62. The van der Waals surface area contributed by atoms with Crippen molar-refractivity contribution in [2.75, 3.05) is 12.4 Å². The largest absolute Gasteiger partial charge is 0.504 e. The number of hydrogen-bond acceptors (Lipinski definition) is 6. The molecule has 0 bridgehead atoms. The predicted molar refractivity (Wildman–Crippen MR) is 148 cm³/mol. The predicted octanol–water partition coefficient (Wildman–Crippen LogP) is 5.88. The van der Waals surface area contributed by atoms with Crippen molar-refractivity contribution < 1.29 is 9.84 Å². The number of rotatable bonds is 6. The van der Waals surface area contributed by atoms with Crippen molar-refractivity contribution in [2.24, 2.45) is 0 Å². The Hall–Kier alpha value is -5.37. The van der Waals surface area contributed by atoms with Crippen LogP contribution >= 0.6 is 0 Å². The highest BCUT2D eigenvalue weighted by Crippen LogP contribution is 2.36. The van der Waals surface area contributed by atoms with Crippen molar-refractivity contribution in [3.63, 3.8) is 0 Å². The van der Waals surface area contributed by atoms with Crippen molar-refractivity contribution in [2.45, 2.75) is 0 Å². The summed E-state index contributed by atoms with van der Waals surface area (Å²) in [4.78, 5) is 21.8. The van der Waals surface area contributed by atoms with Crippen molar-refractivity contribution in [3.8, 4) is 45.0 Å². The minimum Gasteiger partial charge on any atom is -0.504 e. The molecule has 6 rings (SSSR count). The molecule has 0 atom stereocenters. The summed E-state index contributed by atoms with van der Waals surface area (Å²) in [5.74, 6) is 1.21. The van der Waals surface area contributed by atoms with Crippen LogP contribution in [0, 0.1) is 0 Å². The highest BCUT2D eigenvalue weighted by atomic mass is 16.5. The molecule has 38 heavy (non-hydrogen) atoms. The molecule has 0 spiro atoms. The van der Waals surface area contributed by atoms with E-state index in [1.165, 1.54) is 10.6 Å². The topological polar surface area (TPSA) is 105 Å². The molecule has 0 fully saturated rings. The number of aromatic amines is 1. The number of nitrogens with one attached hydrogen (secondary N) is 2. The van der Waals surface area contributed by atoms with E-state index in [1.807, 2.05) is 60.7 Å². The van der Waals surface area contributed by atoms with Gasteiger partial charge in [0.05, 0.1) is 18.2 Å². The molecule has 0 aliphatic rings. The number of nitrogens with zero attached hydrogens (tertiary/aromatic N) is 3. The fraction of sp³-hybridized carbons (Fsp3) is 0.0333. The highest BCUT2D eigenvalue weighted by molar-refractivity contribution is 5.92. The minimum absolute atomic E-state index is 0.0457. The summed E-state index contributed by atoms with van der Waals surface area (Å²) < 4.78 is 6.70. The van der Waals surface area contributed by atoms with E-state index < -0.39 is 0 Å². The summed E-state index contributed by atoms with van der Waals surface area (Å²) in [6.45, 7) is 0. The van der Waals surface area contributed by atoms with E-state index in [9.17, 15) is 9.90 Å². The molecule has 3 aromatic heterocycles. The van der Waals surface area contributed by atoms with Gasteiger partial charge < -0.3 is 20.1 Å². The summed E-state index contributed by atoms with van der Waals surface area (Å²) in [5.41, 5.74) is 4.40. The molecule has 6 aromatic rings. The van der Waals surface area contributed by atoms with Crippen LogP contribution in [0.4, 0.5) is 11.6 Å². The Morgan fingerprint density at radius 2 is 1.47 bits per heavy atom. The molecule has 0 radical (unpaired) electrons. The van der Waals surface area contributed by atoms with Crippen LogP contribution < -0.4 is 15.6 Å². The number of aromatic hydroxyl groups is 1. The zero-order valence-electron chi connectivity index (χ0n) is 20.4. The molecule has 0 aliphatic carbocycles. The van der Waals surface area contributed by atoms with E-state index in [-0.39, 0.29) is 17.1 Å². The van der Waals surface area contributed by atoms with E-state index in [0.29, 0.717) is 34.0 Å². The molecule has 186 valence electrons.